The highest BCUT2D eigenvalue weighted by Gasteiger charge is 1.97. The first-order chi connectivity index (χ1) is 8.28. The van der Waals surface area contributed by atoms with E-state index >= 15 is 0 Å². The lowest BCUT2D eigenvalue weighted by molar-refractivity contribution is 0.305. The van der Waals surface area contributed by atoms with Crippen LogP contribution in [0.15, 0.2) is 48.5 Å². The summed E-state index contributed by atoms with van der Waals surface area (Å²) >= 11 is 0. The summed E-state index contributed by atoms with van der Waals surface area (Å²) in [6, 6.07) is 15.1. The molecule has 17 heavy (non-hydrogen) atoms. The average Bonchev–Trinajstić information content (AvgIpc) is 2.38. The van der Waals surface area contributed by atoms with Crippen molar-refractivity contribution < 1.29 is 9.84 Å². The smallest absolute Gasteiger partial charge is 0.120 e. The van der Waals surface area contributed by atoms with Crippen LogP contribution >= 0.6 is 0 Å². The predicted octanol–water partition coefficient (Wildman–Crippen LogP) is 3.53. The zero-order chi connectivity index (χ0) is 12.1. The summed E-state index contributed by atoms with van der Waals surface area (Å²) in [5.74, 6) is 1.02. The number of aryl methyl sites for hydroxylation is 1. The van der Waals surface area contributed by atoms with Gasteiger partial charge < -0.3 is 9.84 Å². The Labute approximate surface area is 101 Å². The number of phenols is 1. The molecule has 0 radical (unpaired) electrons. The fourth-order valence-corrected chi connectivity index (χ4v) is 1.65. The van der Waals surface area contributed by atoms with E-state index in [-0.39, 0.29) is 5.75 Å². The summed E-state index contributed by atoms with van der Waals surface area (Å²) in [5.41, 5.74) is 2.48. The number of hydrogen-bond acceptors (Lipinski definition) is 2. The van der Waals surface area contributed by atoms with Gasteiger partial charge in [0.25, 0.3) is 0 Å². The molecule has 0 aromatic heterocycles. The highest BCUT2D eigenvalue weighted by Crippen LogP contribution is 2.17. The minimum Gasteiger partial charge on any atom is -0.508 e. The number of hydrogen-bond donors (Lipinski definition) is 1. The molecule has 0 saturated carbocycles. The maximum absolute atomic E-state index is 9.15. The van der Waals surface area contributed by atoms with E-state index in [1.54, 1.807) is 24.3 Å². The van der Waals surface area contributed by atoms with E-state index in [4.69, 9.17) is 9.84 Å². The molecule has 0 unspecified atom stereocenters. The van der Waals surface area contributed by atoms with Gasteiger partial charge in [0.1, 0.15) is 18.1 Å². The number of rotatable bonds is 4. The Morgan fingerprint density at radius 1 is 1.00 bits per heavy atom. The maximum Gasteiger partial charge on any atom is 0.120 e. The molecule has 2 aromatic rings. The second kappa shape index (κ2) is 5.39. The molecule has 0 amide bonds. The summed E-state index contributed by atoms with van der Waals surface area (Å²) in [6.07, 6.45) is 1.03. The van der Waals surface area contributed by atoms with Crippen LogP contribution in [-0.4, -0.2) is 5.11 Å². The van der Waals surface area contributed by atoms with E-state index in [9.17, 15) is 0 Å². The molecule has 0 heterocycles. The first-order valence-corrected chi connectivity index (χ1v) is 5.77. The monoisotopic (exact) mass is 228 g/mol. The van der Waals surface area contributed by atoms with Crippen molar-refractivity contribution in [3.8, 4) is 11.5 Å². The molecule has 2 heteroatoms. The van der Waals surface area contributed by atoms with Gasteiger partial charge in [0.05, 0.1) is 0 Å². The molecule has 2 nitrogen and oxygen atoms in total. The third-order valence-electron chi connectivity index (χ3n) is 2.64. The fourth-order valence-electron chi connectivity index (χ4n) is 1.65. The van der Waals surface area contributed by atoms with Crippen molar-refractivity contribution in [1.82, 2.24) is 0 Å². The van der Waals surface area contributed by atoms with Gasteiger partial charge in [0.15, 0.2) is 0 Å². The van der Waals surface area contributed by atoms with Crippen LogP contribution in [0.4, 0.5) is 0 Å². The molecule has 0 spiro atoms. The largest absolute Gasteiger partial charge is 0.508 e. The second-order valence-corrected chi connectivity index (χ2v) is 3.96. The van der Waals surface area contributed by atoms with Crippen molar-refractivity contribution in [2.45, 2.75) is 20.0 Å². The molecule has 0 bridgehead atoms. The van der Waals surface area contributed by atoms with Crippen LogP contribution in [0, 0.1) is 0 Å². The number of aromatic hydroxyl groups is 1. The van der Waals surface area contributed by atoms with Gasteiger partial charge >= 0.3 is 0 Å². The zero-order valence-corrected chi connectivity index (χ0v) is 9.89. The topological polar surface area (TPSA) is 29.5 Å². The molecule has 88 valence electrons. The quantitative estimate of drug-likeness (QED) is 0.867. The number of benzene rings is 2. The fraction of sp³-hybridized carbons (Fsp3) is 0.200. The third-order valence-corrected chi connectivity index (χ3v) is 2.64. The highest BCUT2D eigenvalue weighted by atomic mass is 16.5. The standard InChI is InChI=1S/C15H16O2/c1-2-12-4-3-5-13(10-12)11-17-15-8-6-14(16)7-9-15/h3-10,16H,2,11H2,1H3. The minimum absolute atomic E-state index is 0.255. The van der Waals surface area contributed by atoms with Gasteiger partial charge in [0.2, 0.25) is 0 Å². The first kappa shape index (κ1) is 11.5. The molecule has 0 aliphatic heterocycles. The van der Waals surface area contributed by atoms with Gasteiger partial charge in [-0.25, -0.2) is 0 Å². The Balaban J connectivity index is 1.99. The molecule has 2 aromatic carbocycles. The van der Waals surface area contributed by atoms with Crippen molar-refractivity contribution in [3.05, 3.63) is 59.7 Å². The summed E-state index contributed by atoms with van der Waals surface area (Å²) in [7, 11) is 0. The van der Waals surface area contributed by atoms with E-state index in [2.05, 4.69) is 25.1 Å². The SMILES string of the molecule is CCc1cccc(COc2ccc(O)cc2)c1. The van der Waals surface area contributed by atoms with Gasteiger partial charge in [0, 0.05) is 0 Å². The lowest BCUT2D eigenvalue weighted by Gasteiger charge is -2.07. The van der Waals surface area contributed by atoms with Crippen molar-refractivity contribution in [2.24, 2.45) is 0 Å². The Bertz CT molecular complexity index is 475. The van der Waals surface area contributed by atoms with Crippen molar-refractivity contribution in [2.75, 3.05) is 0 Å². The number of ether oxygens (including phenoxy) is 1. The van der Waals surface area contributed by atoms with Crippen LogP contribution in [0.1, 0.15) is 18.1 Å². The normalized spacial score (nSPS) is 10.2. The van der Waals surface area contributed by atoms with E-state index in [1.807, 2.05) is 6.07 Å². The Morgan fingerprint density at radius 3 is 2.41 bits per heavy atom. The lowest BCUT2D eigenvalue weighted by Crippen LogP contribution is -1.95. The maximum atomic E-state index is 9.15. The van der Waals surface area contributed by atoms with Crippen LogP contribution in [0.25, 0.3) is 0 Å². The Hall–Kier alpha value is -1.96. The van der Waals surface area contributed by atoms with Crippen LogP contribution < -0.4 is 4.74 Å². The predicted molar refractivity (Wildman–Crippen MR) is 68.3 cm³/mol. The molecule has 0 aliphatic carbocycles. The molecule has 0 fully saturated rings. The van der Waals surface area contributed by atoms with Gasteiger partial charge in [-0.15, -0.1) is 0 Å². The van der Waals surface area contributed by atoms with E-state index in [1.165, 1.54) is 5.56 Å². The molecule has 2 rings (SSSR count). The number of phenolic OH excluding ortho intramolecular Hbond substituents is 1. The van der Waals surface area contributed by atoms with Crippen LogP contribution in [0.2, 0.25) is 0 Å². The van der Waals surface area contributed by atoms with Crippen LogP contribution in [-0.2, 0) is 13.0 Å². The Morgan fingerprint density at radius 2 is 1.71 bits per heavy atom. The van der Waals surface area contributed by atoms with Gasteiger partial charge in [-0.05, 0) is 41.8 Å². The molecule has 1 N–H and O–H groups in total. The molecule has 0 aliphatic rings. The lowest BCUT2D eigenvalue weighted by atomic mass is 10.1. The highest BCUT2D eigenvalue weighted by molar-refractivity contribution is 5.30. The Kier molecular flexibility index (Phi) is 3.66. The van der Waals surface area contributed by atoms with Gasteiger partial charge in [-0.2, -0.15) is 0 Å². The summed E-state index contributed by atoms with van der Waals surface area (Å²) in [6.45, 7) is 2.69. The first-order valence-electron chi connectivity index (χ1n) is 5.77. The van der Waals surface area contributed by atoms with Crippen LogP contribution in [0.3, 0.4) is 0 Å². The van der Waals surface area contributed by atoms with E-state index in [0.717, 1.165) is 17.7 Å². The third kappa shape index (κ3) is 3.25. The van der Waals surface area contributed by atoms with Crippen molar-refractivity contribution in [3.63, 3.8) is 0 Å². The van der Waals surface area contributed by atoms with Gasteiger partial charge in [-0.3, -0.25) is 0 Å². The summed E-state index contributed by atoms with van der Waals surface area (Å²) in [4.78, 5) is 0. The molecule has 0 atom stereocenters. The van der Waals surface area contributed by atoms with E-state index in [0.29, 0.717) is 6.61 Å². The summed E-state index contributed by atoms with van der Waals surface area (Å²) < 4.78 is 5.64. The molecular weight excluding hydrogens is 212 g/mol. The molecular formula is C15H16O2. The van der Waals surface area contributed by atoms with Crippen molar-refractivity contribution >= 4 is 0 Å². The second-order valence-electron chi connectivity index (χ2n) is 3.96. The average molecular weight is 228 g/mol. The minimum atomic E-state index is 0.255. The van der Waals surface area contributed by atoms with Crippen molar-refractivity contribution in [1.29, 1.82) is 0 Å². The van der Waals surface area contributed by atoms with Crippen LogP contribution in [0.5, 0.6) is 11.5 Å². The molecule has 0 saturated heterocycles. The zero-order valence-electron chi connectivity index (χ0n) is 9.89. The summed E-state index contributed by atoms with van der Waals surface area (Å²) in [5, 5.41) is 9.15. The van der Waals surface area contributed by atoms with Gasteiger partial charge in [-0.1, -0.05) is 31.2 Å². The van der Waals surface area contributed by atoms with E-state index < -0.39 is 0 Å².